The second-order valence-corrected chi connectivity index (χ2v) is 5.67. The number of rotatable bonds is 7. The number of benzene rings is 2. The standard InChI is InChI=1S/C21H19FN2O3/c1-26-19-12-6-5-8-16(19)15-24(20(25)14-22)18-11-7-13-23-21(18)27-17-9-3-2-4-10-17/h2-13H,14-15H2,1H3/i22-1. The van der Waals surface area contributed by atoms with Crippen molar-refractivity contribution in [2.75, 3.05) is 18.7 Å². The summed E-state index contributed by atoms with van der Waals surface area (Å²) >= 11 is 0. The number of carbonyl (C=O) groups excluding carboxylic acids is 1. The Labute approximate surface area is 157 Å². The smallest absolute Gasteiger partial charge is 0.258 e. The molecule has 0 atom stereocenters. The molecule has 0 radical (unpaired) electrons. The molecule has 0 spiro atoms. The van der Waals surface area contributed by atoms with E-state index in [4.69, 9.17) is 9.47 Å². The van der Waals surface area contributed by atoms with E-state index < -0.39 is 12.6 Å². The van der Waals surface area contributed by atoms with Gasteiger partial charge in [-0.2, -0.15) is 0 Å². The number of halogens is 1. The number of pyridine rings is 1. The molecule has 0 aliphatic heterocycles. The third-order valence-corrected chi connectivity index (χ3v) is 3.94. The van der Waals surface area contributed by atoms with Crippen molar-refractivity contribution < 1.29 is 18.7 Å². The van der Waals surface area contributed by atoms with Crippen LogP contribution in [0.25, 0.3) is 0 Å². The van der Waals surface area contributed by atoms with Crippen LogP contribution in [0, 0.1) is 0 Å². The first kappa shape index (κ1) is 18.4. The zero-order chi connectivity index (χ0) is 19.1. The van der Waals surface area contributed by atoms with Crippen molar-refractivity contribution in [2.45, 2.75) is 6.54 Å². The van der Waals surface area contributed by atoms with Gasteiger partial charge in [-0.15, -0.1) is 0 Å². The predicted molar refractivity (Wildman–Crippen MR) is 101 cm³/mol. The molecule has 0 saturated carbocycles. The van der Waals surface area contributed by atoms with Crippen molar-refractivity contribution in [1.82, 2.24) is 4.98 Å². The topological polar surface area (TPSA) is 51.7 Å². The number of hydrogen-bond acceptors (Lipinski definition) is 4. The molecule has 3 rings (SSSR count). The van der Waals surface area contributed by atoms with Crippen molar-refractivity contribution >= 4 is 11.6 Å². The summed E-state index contributed by atoms with van der Waals surface area (Å²) in [6, 6.07) is 19.7. The van der Waals surface area contributed by atoms with Gasteiger partial charge in [0.25, 0.3) is 5.91 Å². The quantitative estimate of drug-likeness (QED) is 0.623. The number of alkyl halides is 1. The number of methoxy groups -OCH3 is 1. The van der Waals surface area contributed by atoms with Crippen LogP contribution in [0.1, 0.15) is 5.56 Å². The second-order valence-electron chi connectivity index (χ2n) is 5.67. The van der Waals surface area contributed by atoms with Crippen LogP contribution in [-0.4, -0.2) is 24.7 Å². The summed E-state index contributed by atoms with van der Waals surface area (Å²) in [6.07, 6.45) is 1.56. The van der Waals surface area contributed by atoms with Crippen LogP contribution in [0.3, 0.4) is 0 Å². The summed E-state index contributed by atoms with van der Waals surface area (Å²) in [5, 5.41) is 0. The number of ether oxygens (including phenoxy) is 2. The number of aromatic nitrogens is 1. The zero-order valence-electron chi connectivity index (χ0n) is 14.8. The molecule has 0 N–H and O–H groups in total. The zero-order valence-corrected chi connectivity index (χ0v) is 14.8. The van der Waals surface area contributed by atoms with E-state index in [0.29, 0.717) is 17.2 Å². The number of para-hydroxylation sites is 2. The molecule has 3 aromatic rings. The van der Waals surface area contributed by atoms with Crippen LogP contribution in [0.15, 0.2) is 72.9 Å². The largest absolute Gasteiger partial charge is 0.496 e. The van der Waals surface area contributed by atoms with Gasteiger partial charge in [0.2, 0.25) is 5.88 Å². The average molecular weight is 365 g/mol. The molecule has 2 aromatic carbocycles. The molecule has 5 nitrogen and oxygen atoms in total. The molecule has 1 heterocycles. The van der Waals surface area contributed by atoms with Crippen molar-refractivity contribution in [3.8, 4) is 17.4 Å². The Balaban J connectivity index is 1.97. The summed E-state index contributed by atoms with van der Waals surface area (Å²) in [4.78, 5) is 17.9. The molecule has 0 saturated heterocycles. The lowest BCUT2D eigenvalue weighted by Gasteiger charge is -2.24. The van der Waals surface area contributed by atoms with Gasteiger partial charge in [-0.25, -0.2) is 9.37 Å². The van der Waals surface area contributed by atoms with Crippen LogP contribution < -0.4 is 14.4 Å². The Morgan fingerprint density at radius 3 is 2.52 bits per heavy atom. The summed E-state index contributed by atoms with van der Waals surface area (Å²) in [5.41, 5.74) is 1.13. The van der Waals surface area contributed by atoms with Crippen molar-refractivity contribution in [3.63, 3.8) is 0 Å². The molecule has 0 aliphatic carbocycles. The molecule has 6 heteroatoms. The van der Waals surface area contributed by atoms with Gasteiger partial charge in [0, 0.05) is 11.8 Å². The summed E-state index contributed by atoms with van der Waals surface area (Å²) < 4.78 is 24.4. The third-order valence-electron chi connectivity index (χ3n) is 3.94. The molecule has 0 fully saturated rings. The van der Waals surface area contributed by atoms with Crippen LogP contribution in [0.4, 0.5) is 10.1 Å². The number of carbonyl (C=O) groups is 1. The Bertz CT molecular complexity index is 903. The Hall–Kier alpha value is -3.41. The number of hydrogen-bond donors (Lipinski definition) is 0. The SMILES string of the molecule is COc1ccccc1CN(C(=O)C[18F])c1cccnc1Oc1ccccc1. The molecule has 1 amide bonds. The fourth-order valence-corrected chi connectivity index (χ4v) is 2.65. The van der Waals surface area contributed by atoms with Gasteiger partial charge < -0.3 is 14.4 Å². The van der Waals surface area contributed by atoms with Gasteiger partial charge in [-0.3, -0.25) is 4.79 Å². The van der Waals surface area contributed by atoms with Crippen molar-refractivity contribution in [3.05, 3.63) is 78.5 Å². The fraction of sp³-hybridized carbons (Fsp3) is 0.143. The van der Waals surface area contributed by atoms with Crippen LogP contribution in [0.2, 0.25) is 0 Å². The van der Waals surface area contributed by atoms with E-state index in [1.54, 1.807) is 43.6 Å². The van der Waals surface area contributed by atoms with E-state index >= 15 is 0 Å². The molecule has 27 heavy (non-hydrogen) atoms. The monoisotopic (exact) mass is 365 g/mol. The van der Waals surface area contributed by atoms with Gasteiger partial charge in [0.05, 0.1) is 13.7 Å². The van der Waals surface area contributed by atoms with E-state index in [0.717, 1.165) is 5.56 Å². The normalized spacial score (nSPS) is 10.3. The first-order valence-corrected chi connectivity index (χ1v) is 8.39. The fourth-order valence-electron chi connectivity index (χ4n) is 2.65. The Morgan fingerprint density at radius 2 is 1.78 bits per heavy atom. The molecular weight excluding hydrogens is 346 g/mol. The average Bonchev–Trinajstić information content (AvgIpc) is 2.73. The maximum Gasteiger partial charge on any atom is 0.258 e. The lowest BCUT2D eigenvalue weighted by molar-refractivity contribution is -0.119. The van der Waals surface area contributed by atoms with Gasteiger partial charge in [-0.05, 0) is 30.3 Å². The minimum absolute atomic E-state index is 0.129. The van der Waals surface area contributed by atoms with E-state index in [1.807, 2.05) is 36.4 Å². The van der Waals surface area contributed by atoms with Crippen LogP contribution >= 0.6 is 0 Å². The number of amides is 1. The number of nitrogens with zero attached hydrogens (tertiary/aromatic N) is 2. The molecule has 0 aliphatic rings. The molecule has 1 aromatic heterocycles. The highest BCUT2D eigenvalue weighted by atomic mass is 18.2. The Kier molecular flexibility index (Phi) is 5.99. The highest BCUT2D eigenvalue weighted by molar-refractivity contribution is 5.95. The molecule has 138 valence electrons. The second kappa shape index (κ2) is 8.80. The maximum absolute atomic E-state index is 13.3. The minimum atomic E-state index is -1.13. The van der Waals surface area contributed by atoms with E-state index in [-0.39, 0.29) is 12.4 Å². The summed E-state index contributed by atoms with van der Waals surface area (Å²) in [6.45, 7) is -1.00. The summed E-state index contributed by atoms with van der Waals surface area (Å²) in [5.74, 6) is 0.721. The third kappa shape index (κ3) is 4.41. The number of anilines is 1. The summed E-state index contributed by atoms with van der Waals surface area (Å²) in [7, 11) is 1.55. The van der Waals surface area contributed by atoms with Gasteiger partial charge in [-0.1, -0.05) is 36.4 Å². The highest BCUT2D eigenvalue weighted by Crippen LogP contribution is 2.32. The predicted octanol–water partition coefficient (Wildman–Crippen LogP) is 4.39. The molecule has 0 bridgehead atoms. The first-order chi connectivity index (χ1) is 13.2. The van der Waals surface area contributed by atoms with Crippen molar-refractivity contribution in [1.29, 1.82) is 0 Å². The maximum atomic E-state index is 13.3. The highest BCUT2D eigenvalue weighted by Gasteiger charge is 2.22. The van der Waals surface area contributed by atoms with E-state index in [9.17, 15) is 9.18 Å². The molecular formula is C21H19FN2O3. The minimum Gasteiger partial charge on any atom is -0.496 e. The van der Waals surface area contributed by atoms with Gasteiger partial charge in [0.1, 0.15) is 17.2 Å². The van der Waals surface area contributed by atoms with Gasteiger partial charge in [0.15, 0.2) is 6.67 Å². The first-order valence-electron chi connectivity index (χ1n) is 8.39. The van der Waals surface area contributed by atoms with E-state index in [1.165, 1.54) is 4.90 Å². The molecule has 0 unspecified atom stereocenters. The van der Waals surface area contributed by atoms with Crippen LogP contribution in [0.5, 0.6) is 17.4 Å². The Morgan fingerprint density at radius 1 is 1.04 bits per heavy atom. The van der Waals surface area contributed by atoms with Crippen molar-refractivity contribution in [2.24, 2.45) is 0 Å². The lowest BCUT2D eigenvalue weighted by atomic mass is 10.1. The van der Waals surface area contributed by atoms with Gasteiger partial charge >= 0.3 is 0 Å². The lowest BCUT2D eigenvalue weighted by Crippen LogP contribution is -2.32. The van der Waals surface area contributed by atoms with Crippen LogP contribution in [-0.2, 0) is 11.3 Å². The van der Waals surface area contributed by atoms with E-state index in [2.05, 4.69) is 4.98 Å².